The Labute approximate surface area is 89.9 Å². The lowest BCUT2D eigenvalue weighted by Gasteiger charge is -2.35. The first kappa shape index (κ1) is 10.9. The normalized spacial score (nSPS) is 31.6. The molecule has 6 heteroatoms. The van der Waals surface area contributed by atoms with Gasteiger partial charge in [-0.3, -0.25) is 4.79 Å². The predicted octanol–water partition coefficient (Wildman–Crippen LogP) is -0.309. The Bertz CT molecular complexity index is 346. The molecule has 5 nitrogen and oxygen atoms in total. The molecule has 0 aromatic heterocycles. The van der Waals surface area contributed by atoms with Gasteiger partial charge < -0.3 is 5.32 Å². The molecule has 1 amide bonds. The van der Waals surface area contributed by atoms with Gasteiger partial charge in [-0.2, -0.15) is 0 Å². The number of hydrogen-bond acceptors (Lipinski definition) is 4. The van der Waals surface area contributed by atoms with Gasteiger partial charge in [0.05, 0.1) is 11.8 Å². The lowest BCUT2D eigenvalue weighted by molar-refractivity contribution is -0.128. The van der Waals surface area contributed by atoms with Crippen LogP contribution in [0.4, 0.5) is 0 Å². The summed E-state index contributed by atoms with van der Waals surface area (Å²) in [6.07, 6.45) is 2.56. The predicted molar refractivity (Wildman–Crippen MR) is 55.8 cm³/mol. The molecule has 2 fully saturated rings. The minimum atomic E-state index is -3.33. The SMILES string of the molecule is O=C1CCCS(=O)(=O)N1C1CCCNC1. The quantitative estimate of drug-likeness (QED) is 0.673. The van der Waals surface area contributed by atoms with Crippen molar-refractivity contribution in [3.63, 3.8) is 0 Å². The second kappa shape index (κ2) is 4.09. The molecule has 0 radical (unpaired) electrons. The molecule has 2 saturated heterocycles. The highest BCUT2D eigenvalue weighted by Gasteiger charge is 2.37. The number of carbonyl (C=O) groups is 1. The van der Waals surface area contributed by atoms with Crippen molar-refractivity contribution in [2.45, 2.75) is 31.7 Å². The summed E-state index contributed by atoms with van der Waals surface area (Å²) in [5.41, 5.74) is 0. The number of piperidine rings is 1. The molecule has 2 aliphatic rings. The van der Waals surface area contributed by atoms with Crippen LogP contribution in [0.3, 0.4) is 0 Å². The van der Waals surface area contributed by atoms with Crippen LogP contribution in [0.5, 0.6) is 0 Å². The van der Waals surface area contributed by atoms with Crippen LogP contribution in [-0.4, -0.2) is 43.5 Å². The number of sulfonamides is 1. The van der Waals surface area contributed by atoms with E-state index >= 15 is 0 Å². The fourth-order valence-electron chi connectivity index (χ4n) is 2.23. The van der Waals surface area contributed by atoms with Crippen LogP contribution >= 0.6 is 0 Å². The van der Waals surface area contributed by atoms with E-state index in [1.165, 1.54) is 0 Å². The molecule has 15 heavy (non-hydrogen) atoms. The van der Waals surface area contributed by atoms with E-state index in [9.17, 15) is 13.2 Å². The van der Waals surface area contributed by atoms with Crippen molar-refractivity contribution in [2.75, 3.05) is 18.8 Å². The summed E-state index contributed by atoms with van der Waals surface area (Å²) in [5.74, 6) is -0.107. The lowest BCUT2D eigenvalue weighted by atomic mass is 10.1. The maximum absolute atomic E-state index is 11.8. The summed E-state index contributed by atoms with van der Waals surface area (Å²) >= 11 is 0. The zero-order valence-corrected chi connectivity index (χ0v) is 9.42. The maximum Gasteiger partial charge on any atom is 0.237 e. The van der Waals surface area contributed by atoms with E-state index in [2.05, 4.69) is 5.32 Å². The van der Waals surface area contributed by atoms with E-state index in [1.807, 2.05) is 0 Å². The van der Waals surface area contributed by atoms with Crippen molar-refractivity contribution < 1.29 is 13.2 Å². The zero-order chi connectivity index (χ0) is 10.9. The average Bonchev–Trinajstić information content (AvgIpc) is 2.17. The van der Waals surface area contributed by atoms with E-state index in [0.29, 0.717) is 19.4 Å². The van der Waals surface area contributed by atoms with Crippen molar-refractivity contribution in [3.8, 4) is 0 Å². The first-order valence-electron chi connectivity index (χ1n) is 5.37. The van der Waals surface area contributed by atoms with Crippen LogP contribution in [0.1, 0.15) is 25.7 Å². The summed E-state index contributed by atoms with van der Waals surface area (Å²) in [4.78, 5) is 11.6. The largest absolute Gasteiger partial charge is 0.315 e. The number of hydrogen-bond donors (Lipinski definition) is 1. The molecule has 2 rings (SSSR count). The Morgan fingerprint density at radius 1 is 1.33 bits per heavy atom. The third kappa shape index (κ3) is 2.15. The van der Waals surface area contributed by atoms with E-state index in [0.717, 1.165) is 23.7 Å². The molecule has 0 bridgehead atoms. The lowest BCUT2D eigenvalue weighted by Crippen LogP contribution is -2.53. The number of amides is 1. The maximum atomic E-state index is 11.8. The number of nitrogens with zero attached hydrogens (tertiary/aromatic N) is 1. The molecule has 1 atom stereocenters. The van der Waals surface area contributed by atoms with E-state index in [1.54, 1.807) is 0 Å². The molecule has 1 unspecified atom stereocenters. The van der Waals surface area contributed by atoms with Gasteiger partial charge in [0.25, 0.3) is 0 Å². The van der Waals surface area contributed by atoms with Gasteiger partial charge in [0.1, 0.15) is 0 Å². The number of nitrogens with one attached hydrogen (secondary N) is 1. The van der Waals surface area contributed by atoms with Crippen molar-refractivity contribution >= 4 is 15.9 Å². The number of rotatable bonds is 1. The molecule has 0 aromatic rings. The van der Waals surface area contributed by atoms with Crippen LogP contribution < -0.4 is 5.32 Å². The highest BCUT2D eigenvalue weighted by molar-refractivity contribution is 7.89. The summed E-state index contributed by atoms with van der Waals surface area (Å²) in [7, 11) is -3.33. The Hall–Kier alpha value is -0.620. The monoisotopic (exact) mass is 232 g/mol. The van der Waals surface area contributed by atoms with Gasteiger partial charge >= 0.3 is 0 Å². The molecular formula is C9H16N2O3S. The van der Waals surface area contributed by atoms with Gasteiger partial charge in [0.2, 0.25) is 15.9 Å². The smallest absolute Gasteiger partial charge is 0.237 e. The molecule has 0 spiro atoms. The van der Waals surface area contributed by atoms with Crippen LogP contribution in [0.2, 0.25) is 0 Å². The standard InChI is InChI=1S/C9H16N2O3S/c12-9-4-2-6-15(13,14)11(9)8-3-1-5-10-7-8/h8,10H,1-7H2. The van der Waals surface area contributed by atoms with Gasteiger partial charge in [-0.05, 0) is 25.8 Å². The summed E-state index contributed by atoms with van der Waals surface area (Å²) in [6, 6.07) is -0.156. The second-order valence-corrected chi connectivity index (χ2v) is 6.07. The first-order chi connectivity index (χ1) is 7.11. The van der Waals surface area contributed by atoms with Crippen molar-refractivity contribution in [2.24, 2.45) is 0 Å². The molecule has 86 valence electrons. The Balaban J connectivity index is 2.19. The summed E-state index contributed by atoms with van der Waals surface area (Å²) in [6.45, 7) is 1.52. The minimum Gasteiger partial charge on any atom is -0.315 e. The second-order valence-electron chi connectivity index (χ2n) is 4.11. The molecular weight excluding hydrogens is 216 g/mol. The van der Waals surface area contributed by atoms with Crippen molar-refractivity contribution in [1.82, 2.24) is 9.62 Å². The van der Waals surface area contributed by atoms with Gasteiger partial charge in [-0.1, -0.05) is 0 Å². The fourth-order valence-corrected chi connectivity index (χ4v) is 3.98. The molecule has 0 saturated carbocycles. The molecule has 0 aliphatic carbocycles. The van der Waals surface area contributed by atoms with Crippen LogP contribution in [0.15, 0.2) is 0 Å². The van der Waals surface area contributed by atoms with Crippen LogP contribution in [0, 0.1) is 0 Å². The van der Waals surface area contributed by atoms with E-state index in [4.69, 9.17) is 0 Å². The highest BCUT2D eigenvalue weighted by atomic mass is 32.2. The summed E-state index contributed by atoms with van der Waals surface area (Å²) < 4.78 is 24.7. The molecule has 2 heterocycles. The Kier molecular flexibility index (Phi) is 2.97. The first-order valence-corrected chi connectivity index (χ1v) is 6.98. The van der Waals surface area contributed by atoms with E-state index < -0.39 is 10.0 Å². The molecule has 2 aliphatic heterocycles. The fraction of sp³-hybridized carbons (Fsp3) is 0.889. The van der Waals surface area contributed by atoms with Gasteiger partial charge in [-0.15, -0.1) is 0 Å². The Morgan fingerprint density at radius 2 is 2.13 bits per heavy atom. The van der Waals surface area contributed by atoms with Crippen molar-refractivity contribution in [1.29, 1.82) is 0 Å². The van der Waals surface area contributed by atoms with Gasteiger partial charge in [-0.25, -0.2) is 12.7 Å². The zero-order valence-electron chi connectivity index (χ0n) is 8.61. The highest BCUT2D eigenvalue weighted by Crippen LogP contribution is 2.21. The van der Waals surface area contributed by atoms with Crippen LogP contribution in [0.25, 0.3) is 0 Å². The summed E-state index contributed by atoms with van der Waals surface area (Å²) in [5, 5.41) is 3.13. The Morgan fingerprint density at radius 3 is 2.73 bits per heavy atom. The van der Waals surface area contributed by atoms with Crippen molar-refractivity contribution in [3.05, 3.63) is 0 Å². The van der Waals surface area contributed by atoms with Gasteiger partial charge in [0, 0.05) is 13.0 Å². The topological polar surface area (TPSA) is 66.5 Å². The van der Waals surface area contributed by atoms with Gasteiger partial charge in [0.15, 0.2) is 0 Å². The minimum absolute atomic E-state index is 0.120. The van der Waals surface area contributed by atoms with E-state index in [-0.39, 0.29) is 17.7 Å². The number of carbonyl (C=O) groups excluding carboxylic acids is 1. The molecule has 1 N–H and O–H groups in total. The molecule has 0 aromatic carbocycles. The third-order valence-electron chi connectivity index (χ3n) is 2.94. The third-order valence-corrected chi connectivity index (χ3v) is 4.85. The average molecular weight is 232 g/mol. The van der Waals surface area contributed by atoms with Crippen LogP contribution in [-0.2, 0) is 14.8 Å².